The molecule has 3 aromatic rings. The lowest BCUT2D eigenvalue weighted by Crippen LogP contribution is -2.25. The van der Waals surface area contributed by atoms with Crippen LogP contribution in [0.25, 0.3) is 10.1 Å². The predicted molar refractivity (Wildman–Crippen MR) is 113 cm³/mol. The topological polar surface area (TPSA) is 80.9 Å². The van der Waals surface area contributed by atoms with Crippen LogP contribution in [0.3, 0.4) is 0 Å². The third-order valence-electron chi connectivity index (χ3n) is 4.58. The van der Waals surface area contributed by atoms with Crippen LogP contribution < -0.4 is 9.14 Å². The summed E-state index contributed by atoms with van der Waals surface area (Å²) in [4.78, 5) is 0. The van der Waals surface area contributed by atoms with Crippen LogP contribution >= 0.6 is 34.7 Å². The maximum atomic E-state index is 13.1. The molecule has 1 aliphatic heterocycles. The van der Waals surface area contributed by atoms with Gasteiger partial charge in [0.25, 0.3) is 10.0 Å². The van der Waals surface area contributed by atoms with E-state index < -0.39 is 10.0 Å². The minimum atomic E-state index is -3.87. The lowest BCUT2D eigenvalue weighted by molar-refractivity contribution is 0.599. The number of hydrogen-bond donors (Lipinski definition) is 1. The highest BCUT2D eigenvalue weighted by molar-refractivity contribution is 7.96. The van der Waals surface area contributed by atoms with Gasteiger partial charge in [0.1, 0.15) is 4.21 Å². The number of thiophene rings is 1. The summed E-state index contributed by atoms with van der Waals surface area (Å²) in [5, 5.41) is 4.71. The van der Waals surface area contributed by atoms with Crippen molar-refractivity contribution in [2.75, 3.05) is 10.4 Å². The Morgan fingerprint density at radius 1 is 1.15 bits per heavy atom. The van der Waals surface area contributed by atoms with Gasteiger partial charge in [-0.3, -0.25) is 0 Å². The van der Waals surface area contributed by atoms with Crippen LogP contribution in [-0.2, 0) is 23.0 Å². The van der Waals surface area contributed by atoms with E-state index >= 15 is 0 Å². The molecule has 1 aliphatic rings. The third kappa shape index (κ3) is 3.55. The first-order chi connectivity index (χ1) is 12.4. The van der Waals surface area contributed by atoms with Crippen molar-refractivity contribution in [3.05, 3.63) is 58.1 Å². The van der Waals surface area contributed by atoms with Crippen molar-refractivity contribution in [1.82, 2.24) is 5.32 Å². The van der Waals surface area contributed by atoms with Gasteiger partial charge in [-0.05, 0) is 72.3 Å². The molecule has 3 N–H and O–H groups in total. The first kappa shape index (κ1) is 20.4. The highest BCUT2D eigenvalue weighted by Gasteiger charge is 2.29. The monoisotopic (exact) mass is 444 g/mol. The molecule has 0 unspecified atom stereocenters. The Morgan fingerprint density at radius 2 is 1.93 bits per heavy atom. The highest BCUT2D eigenvalue weighted by Crippen LogP contribution is 2.39. The van der Waals surface area contributed by atoms with Gasteiger partial charge in [0.2, 0.25) is 0 Å². The SMILES string of the molecule is Cc1c(S(=O)(=O)N(Cl)c2ccc3c(c2)CCNC3)sc2ccc(Cl)cc12.O. The van der Waals surface area contributed by atoms with Crippen molar-refractivity contribution in [3.8, 4) is 0 Å². The lowest BCUT2D eigenvalue weighted by atomic mass is 10.0. The first-order valence-corrected chi connectivity index (χ1v) is 11.1. The zero-order valence-electron chi connectivity index (χ0n) is 14.4. The van der Waals surface area contributed by atoms with Crippen LogP contribution in [0, 0.1) is 6.92 Å². The average molecular weight is 445 g/mol. The van der Waals surface area contributed by atoms with Crippen LogP contribution in [0.15, 0.2) is 40.6 Å². The molecule has 9 heteroatoms. The third-order valence-corrected chi connectivity index (χ3v) is 8.91. The predicted octanol–water partition coefficient (Wildman–Crippen LogP) is 4.03. The van der Waals surface area contributed by atoms with Gasteiger partial charge in [0.05, 0.1) is 5.69 Å². The number of nitrogens with zero attached hydrogens (tertiary/aromatic N) is 1. The largest absolute Gasteiger partial charge is 0.412 e. The molecular formula is C18H18Cl2N2O3S2. The second-order valence-electron chi connectivity index (χ2n) is 6.25. The molecule has 0 amide bonds. The fourth-order valence-corrected chi connectivity index (χ4v) is 6.68. The molecule has 0 saturated carbocycles. The summed E-state index contributed by atoms with van der Waals surface area (Å²) in [6.07, 6.45) is 0.856. The number of anilines is 1. The second-order valence-corrected chi connectivity index (χ2v) is 10.3. The van der Waals surface area contributed by atoms with Gasteiger partial charge in [0, 0.05) is 28.0 Å². The van der Waals surface area contributed by atoms with Crippen LogP contribution in [0.5, 0.6) is 0 Å². The van der Waals surface area contributed by atoms with Gasteiger partial charge in [-0.2, -0.15) is 12.2 Å². The van der Waals surface area contributed by atoms with Crippen molar-refractivity contribution in [2.24, 2.45) is 0 Å². The zero-order valence-corrected chi connectivity index (χ0v) is 17.6. The van der Waals surface area contributed by atoms with Crippen molar-refractivity contribution in [3.63, 3.8) is 0 Å². The number of aryl methyl sites for hydroxylation is 1. The Morgan fingerprint density at radius 3 is 2.70 bits per heavy atom. The fraction of sp³-hybridized carbons (Fsp3) is 0.222. The van der Waals surface area contributed by atoms with E-state index in [4.69, 9.17) is 23.4 Å². The molecule has 5 nitrogen and oxygen atoms in total. The molecule has 0 saturated heterocycles. The number of sulfonamides is 1. The maximum Gasteiger partial charge on any atom is 0.287 e. The van der Waals surface area contributed by atoms with E-state index in [1.165, 1.54) is 16.9 Å². The molecule has 144 valence electrons. The van der Waals surface area contributed by atoms with E-state index in [0.717, 1.165) is 39.0 Å². The Hall–Kier alpha value is -1.35. The normalized spacial score (nSPS) is 13.9. The molecular weight excluding hydrogens is 427 g/mol. The van der Waals surface area contributed by atoms with Gasteiger partial charge in [-0.1, -0.05) is 17.7 Å². The molecule has 0 atom stereocenters. The van der Waals surface area contributed by atoms with Crippen molar-refractivity contribution in [2.45, 2.75) is 24.1 Å². The smallest absolute Gasteiger partial charge is 0.287 e. The number of rotatable bonds is 3. The second kappa shape index (κ2) is 7.58. The number of hydrogen-bond acceptors (Lipinski definition) is 4. The molecule has 0 bridgehead atoms. The molecule has 0 fully saturated rings. The Balaban J connectivity index is 0.00000210. The van der Waals surface area contributed by atoms with Gasteiger partial charge < -0.3 is 10.8 Å². The Kier molecular flexibility index (Phi) is 5.72. The average Bonchev–Trinajstić information content (AvgIpc) is 2.97. The quantitative estimate of drug-likeness (QED) is 0.618. The summed E-state index contributed by atoms with van der Waals surface area (Å²) in [6, 6.07) is 10.9. The van der Waals surface area contributed by atoms with Gasteiger partial charge in [-0.25, -0.2) is 0 Å². The summed E-state index contributed by atoms with van der Waals surface area (Å²) in [6.45, 7) is 3.45. The van der Waals surface area contributed by atoms with E-state index in [1.54, 1.807) is 25.1 Å². The van der Waals surface area contributed by atoms with Gasteiger partial charge in [0.15, 0.2) is 0 Å². The number of halogens is 2. The summed E-state index contributed by atoms with van der Waals surface area (Å²) in [5.41, 5.74) is 3.43. The minimum Gasteiger partial charge on any atom is -0.412 e. The number of benzene rings is 2. The van der Waals surface area contributed by atoms with E-state index in [2.05, 4.69) is 5.32 Å². The maximum absolute atomic E-state index is 13.1. The van der Waals surface area contributed by atoms with E-state index in [-0.39, 0.29) is 9.69 Å². The summed E-state index contributed by atoms with van der Waals surface area (Å²) < 4.78 is 28.2. The van der Waals surface area contributed by atoms with Crippen LogP contribution in [0.1, 0.15) is 16.7 Å². The number of fused-ring (bicyclic) bond motifs is 2. The van der Waals surface area contributed by atoms with Crippen molar-refractivity contribution in [1.29, 1.82) is 0 Å². The van der Waals surface area contributed by atoms with Crippen LogP contribution in [0.4, 0.5) is 5.69 Å². The standard InChI is InChI=1S/C18H16Cl2N2O2S2.H2O/c1-11-16-9-14(19)3-5-17(16)25-18(11)26(23,24)22(20)15-4-2-13-10-21-7-6-12(13)8-15;/h2-5,8-9,21H,6-7,10H2,1H3;1H2. The molecule has 2 aromatic carbocycles. The fourth-order valence-electron chi connectivity index (χ4n) is 3.20. The lowest BCUT2D eigenvalue weighted by Gasteiger charge is -2.21. The Labute approximate surface area is 172 Å². The molecule has 0 aliphatic carbocycles. The van der Waals surface area contributed by atoms with E-state index in [9.17, 15) is 8.42 Å². The molecule has 2 heterocycles. The van der Waals surface area contributed by atoms with Crippen molar-refractivity contribution < 1.29 is 13.9 Å². The molecule has 0 spiro atoms. The van der Waals surface area contributed by atoms with Gasteiger partial charge >= 0.3 is 0 Å². The van der Waals surface area contributed by atoms with Gasteiger partial charge in [-0.15, -0.1) is 11.3 Å². The number of nitrogens with one attached hydrogen (secondary N) is 1. The summed E-state index contributed by atoms with van der Waals surface area (Å²) >= 11 is 13.6. The van der Waals surface area contributed by atoms with E-state index in [1.807, 2.05) is 18.2 Å². The summed E-state index contributed by atoms with van der Waals surface area (Å²) in [5.74, 6) is 0. The zero-order chi connectivity index (χ0) is 18.5. The first-order valence-electron chi connectivity index (χ1n) is 8.10. The summed E-state index contributed by atoms with van der Waals surface area (Å²) in [7, 11) is -3.87. The molecule has 1 aromatic heterocycles. The van der Waals surface area contributed by atoms with Crippen molar-refractivity contribution >= 4 is 60.5 Å². The van der Waals surface area contributed by atoms with Crippen LogP contribution in [0.2, 0.25) is 5.02 Å². The molecule has 0 radical (unpaired) electrons. The molecule has 4 rings (SSSR count). The Bertz CT molecular complexity index is 1110. The minimum absolute atomic E-state index is 0. The van der Waals surface area contributed by atoms with E-state index in [0.29, 0.717) is 16.3 Å². The van der Waals surface area contributed by atoms with Crippen LogP contribution in [-0.4, -0.2) is 20.4 Å². The molecule has 27 heavy (non-hydrogen) atoms. The highest BCUT2D eigenvalue weighted by atomic mass is 35.5.